The first-order chi connectivity index (χ1) is 9.63. The Balaban J connectivity index is 1.97. The van der Waals surface area contributed by atoms with Gasteiger partial charge < -0.3 is 9.30 Å². The highest BCUT2D eigenvalue weighted by Gasteiger charge is 2.09. The number of aryl methyl sites for hydroxylation is 1. The molecule has 1 aromatic carbocycles. The monoisotopic (exact) mass is 286 g/mol. The summed E-state index contributed by atoms with van der Waals surface area (Å²) in [6.45, 7) is 6.94. The highest BCUT2D eigenvalue weighted by Crippen LogP contribution is 2.28. The molecule has 20 heavy (non-hydrogen) atoms. The van der Waals surface area contributed by atoms with Crippen molar-refractivity contribution in [3.63, 3.8) is 0 Å². The number of hydrogen-bond donors (Lipinski definition) is 0. The number of thiazole rings is 1. The minimum Gasteiger partial charge on any atom is -0.490 e. The zero-order chi connectivity index (χ0) is 14.1. The molecule has 0 fully saturated rings. The molecule has 0 saturated carbocycles. The van der Waals surface area contributed by atoms with E-state index in [0.29, 0.717) is 0 Å². The predicted octanol–water partition coefficient (Wildman–Crippen LogP) is 4.24. The number of ether oxygens (including phenoxy) is 1. The Hall–Kier alpha value is -1.81. The summed E-state index contributed by atoms with van der Waals surface area (Å²) in [5.74, 6) is 0.951. The van der Waals surface area contributed by atoms with Crippen molar-refractivity contribution in [2.75, 3.05) is 0 Å². The summed E-state index contributed by atoms with van der Waals surface area (Å²) in [5.41, 5.74) is 2.28. The quantitative estimate of drug-likeness (QED) is 0.717. The third kappa shape index (κ3) is 2.56. The van der Waals surface area contributed by atoms with E-state index in [1.54, 1.807) is 11.3 Å². The second-order valence-corrected chi connectivity index (χ2v) is 6.12. The average Bonchev–Trinajstić information content (AvgIpc) is 2.97. The first-order valence-electron chi connectivity index (χ1n) is 6.79. The van der Waals surface area contributed by atoms with Gasteiger partial charge in [0, 0.05) is 22.7 Å². The summed E-state index contributed by atoms with van der Waals surface area (Å²) in [6, 6.07) is 8.32. The van der Waals surface area contributed by atoms with Gasteiger partial charge in [0.15, 0.2) is 0 Å². The topological polar surface area (TPSA) is 27.1 Å². The van der Waals surface area contributed by atoms with Crippen LogP contribution in [0.1, 0.15) is 24.5 Å². The maximum absolute atomic E-state index is 5.87. The van der Waals surface area contributed by atoms with Gasteiger partial charge in [0.2, 0.25) is 0 Å². The van der Waals surface area contributed by atoms with Gasteiger partial charge in [0.05, 0.1) is 18.2 Å². The van der Waals surface area contributed by atoms with Gasteiger partial charge in [-0.15, -0.1) is 11.3 Å². The zero-order valence-corrected chi connectivity index (χ0v) is 12.8. The van der Waals surface area contributed by atoms with E-state index in [0.717, 1.165) is 28.4 Å². The lowest BCUT2D eigenvalue weighted by atomic mass is 10.2. The minimum absolute atomic E-state index is 0.186. The van der Waals surface area contributed by atoms with Crippen LogP contribution in [-0.2, 0) is 6.54 Å². The van der Waals surface area contributed by atoms with Crippen LogP contribution in [0.4, 0.5) is 0 Å². The first kappa shape index (κ1) is 13.2. The van der Waals surface area contributed by atoms with Gasteiger partial charge in [0.1, 0.15) is 10.8 Å². The fourth-order valence-electron chi connectivity index (χ4n) is 2.31. The van der Waals surface area contributed by atoms with Crippen molar-refractivity contribution in [2.24, 2.45) is 0 Å². The Morgan fingerprint density at radius 3 is 2.85 bits per heavy atom. The molecule has 0 atom stereocenters. The van der Waals surface area contributed by atoms with Gasteiger partial charge >= 0.3 is 0 Å². The molecule has 0 saturated heterocycles. The molecule has 0 N–H and O–H groups in total. The summed E-state index contributed by atoms with van der Waals surface area (Å²) in [6.07, 6.45) is 2.29. The molecule has 0 aliphatic carbocycles. The summed E-state index contributed by atoms with van der Waals surface area (Å²) in [5, 5.41) is 4.39. The van der Waals surface area contributed by atoms with Crippen molar-refractivity contribution in [1.29, 1.82) is 0 Å². The smallest absolute Gasteiger partial charge is 0.129 e. The van der Waals surface area contributed by atoms with Crippen molar-refractivity contribution in [2.45, 2.75) is 33.4 Å². The van der Waals surface area contributed by atoms with E-state index in [4.69, 9.17) is 4.74 Å². The van der Waals surface area contributed by atoms with Gasteiger partial charge in [-0.05, 0) is 39.0 Å². The zero-order valence-electron chi connectivity index (χ0n) is 12.0. The molecule has 3 nitrogen and oxygen atoms in total. The molecule has 0 aliphatic heterocycles. The highest BCUT2D eigenvalue weighted by molar-refractivity contribution is 7.09. The van der Waals surface area contributed by atoms with Gasteiger partial charge in [0.25, 0.3) is 0 Å². The number of benzene rings is 1. The lowest BCUT2D eigenvalue weighted by Crippen LogP contribution is -2.05. The Morgan fingerprint density at radius 1 is 1.30 bits per heavy atom. The van der Waals surface area contributed by atoms with Crippen molar-refractivity contribution in [3.8, 4) is 5.75 Å². The molecule has 0 spiro atoms. The van der Waals surface area contributed by atoms with Crippen LogP contribution in [0, 0.1) is 6.92 Å². The molecule has 3 rings (SSSR count). The van der Waals surface area contributed by atoms with E-state index >= 15 is 0 Å². The molecular weight excluding hydrogens is 268 g/mol. The molecule has 0 aliphatic rings. The van der Waals surface area contributed by atoms with Crippen molar-refractivity contribution in [3.05, 3.63) is 46.5 Å². The van der Waals surface area contributed by atoms with Crippen LogP contribution in [0.15, 0.2) is 35.8 Å². The fourth-order valence-corrected chi connectivity index (χ4v) is 3.08. The Labute approximate surface area is 122 Å². The number of hydrogen-bond acceptors (Lipinski definition) is 3. The van der Waals surface area contributed by atoms with Crippen LogP contribution in [-0.4, -0.2) is 15.7 Å². The number of fused-ring (bicyclic) bond motifs is 1. The van der Waals surface area contributed by atoms with Crippen molar-refractivity contribution < 1.29 is 4.74 Å². The molecule has 0 unspecified atom stereocenters. The van der Waals surface area contributed by atoms with Gasteiger partial charge in [-0.1, -0.05) is 6.07 Å². The van der Waals surface area contributed by atoms with Crippen molar-refractivity contribution in [1.82, 2.24) is 9.55 Å². The van der Waals surface area contributed by atoms with Crippen LogP contribution in [0.2, 0.25) is 0 Å². The third-order valence-electron chi connectivity index (χ3n) is 3.11. The van der Waals surface area contributed by atoms with Crippen LogP contribution in [0.25, 0.3) is 10.9 Å². The molecule has 2 heterocycles. The highest BCUT2D eigenvalue weighted by atomic mass is 32.1. The van der Waals surface area contributed by atoms with Crippen LogP contribution in [0.5, 0.6) is 5.75 Å². The van der Waals surface area contributed by atoms with E-state index in [1.165, 1.54) is 5.52 Å². The third-order valence-corrected chi connectivity index (χ3v) is 4.06. The SMILES string of the molecule is Cc1csc(Cn2ccc3c(OC(C)C)cccc32)n1. The molecule has 0 bridgehead atoms. The summed E-state index contributed by atoms with van der Waals surface area (Å²) in [4.78, 5) is 4.53. The lowest BCUT2D eigenvalue weighted by Gasteiger charge is -2.11. The van der Waals surface area contributed by atoms with E-state index in [-0.39, 0.29) is 6.10 Å². The number of nitrogens with zero attached hydrogens (tertiary/aromatic N) is 2. The Kier molecular flexibility index (Phi) is 3.49. The van der Waals surface area contributed by atoms with E-state index < -0.39 is 0 Å². The standard InChI is InChI=1S/C16H18N2OS/c1-11(2)19-15-6-4-5-14-13(15)7-8-18(14)9-16-17-12(3)10-20-16/h4-8,10-11H,9H2,1-3H3. The fraction of sp³-hybridized carbons (Fsp3) is 0.312. The lowest BCUT2D eigenvalue weighted by molar-refractivity contribution is 0.245. The maximum atomic E-state index is 5.87. The van der Waals surface area contributed by atoms with Crippen LogP contribution >= 0.6 is 11.3 Å². The molecular formula is C16H18N2OS. The van der Waals surface area contributed by atoms with E-state index in [1.807, 2.05) is 32.9 Å². The van der Waals surface area contributed by atoms with Gasteiger partial charge in [-0.2, -0.15) is 0 Å². The Bertz CT molecular complexity index is 727. The second-order valence-electron chi connectivity index (χ2n) is 5.18. The predicted molar refractivity (Wildman–Crippen MR) is 83.7 cm³/mol. The average molecular weight is 286 g/mol. The number of aromatic nitrogens is 2. The molecule has 4 heteroatoms. The molecule has 3 aromatic rings. The normalized spacial score (nSPS) is 11.4. The molecule has 0 radical (unpaired) electrons. The van der Waals surface area contributed by atoms with E-state index in [9.17, 15) is 0 Å². The molecule has 0 amide bonds. The maximum Gasteiger partial charge on any atom is 0.129 e. The number of rotatable bonds is 4. The second kappa shape index (κ2) is 5.29. The summed E-state index contributed by atoms with van der Waals surface area (Å²) >= 11 is 1.71. The van der Waals surface area contributed by atoms with Gasteiger partial charge in [-0.25, -0.2) is 4.98 Å². The largest absolute Gasteiger partial charge is 0.490 e. The molecule has 2 aromatic heterocycles. The minimum atomic E-state index is 0.186. The molecule has 104 valence electrons. The van der Waals surface area contributed by atoms with Crippen molar-refractivity contribution >= 4 is 22.2 Å². The summed E-state index contributed by atoms with van der Waals surface area (Å²) in [7, 11) is 0. The Morgan fingerprint density at radius 2 is 2.15 bits per heavy atom. The first-order valence-corrected chi connectivity index (χ1v) is 7.67. The van der Waals surface area contributed by atoms with E-state index in [2.05, 4.69) is 33.3 Å². The summed E-state index contributed by atoms with van der Waals surface area (Å²) < 4.78 is 8.09. The van der Waals surface area contributed by atoms with Gasteiger partial charge in [-0.3, -0.25) is 0 Å². The van der Waals surface area contributed by atoms with Crippen LogP contribution < -0.4 is 4.74 Å². The van der Waals surface area contributed by atoms with Crippen LogP contribution in [0.3, 0.4) is 0 Å².